The average molecular weight is 288 g/mol. The Bertz CT molecular complexity index is 673. The van der Waals surface area contributed by atoms with E-state index in [9.17, 15) is 15.0 Å². The first-order valence-corrected chi connectivity index (χ1v) is 7.52. The number of para-hydroxylation sites is 1. The molecular weight excluding hydrogens is 268 g/mol. The fraction of sp³-hybridized carbons (Fsp3) is 0.500. The summed E-state index contributed by atoms with van der Waals surface area (Å²) in [4.78, 5) is 16.1. The van der Waals surface area contributed by atoms with Gasteiger partial charge < -0.3 is 14.8 Å². The minimum atomic E-state index is -0.930. The highest BCUT2D eigenvalue weighted by Gasteiger charge is 2.30. The number of aromatic nitrogens is 2. The molecule has 1 aliphatic carbocycles. The van der Waals surface area contributed by atoms with Crippen molar-refractivity contribution in [3.8, 4) is 0 Å². The first kappa shape index (κ1) is 14.1. The summed E-state index contributed by atoms with van der Waals surface area (Å²) in [5.74, 6) is 0.486. The van der Waals surface area contributed by atoms with E-state index in [-0.39, 0.29) is 11.7 Å². The fourth-order valence-corrected chi connectivity index (χ4v) is 2.74. The van der Waals surface area contributed by atoms with E-state index in [0.717, 1.165) is 24.2 Å². The number of carboxylic acid groups (broad SMARTS) is 1. The van der Waals surface area contributed by atoms with Crippen molar-refractivity contribution in [2.24, 2.45) is 0 Å². The van der Waals surface area contributed by atoms with Crippen molar-refractivity contribution in [2.45, 2.75) is 51.2 Å². The van der Waals surface area contributed by atoms with Gasteiger partial charge >= 0.3 is 5.97 Å². The van der Waals surface area contributed by atoms with Gasteiger partial charge in [-0.05, 0) is 37.8 Å². The number of fused-ring (bicyclic) bond motifs is 1. The van der Waals surface area contributed by atoms with Gasteiger partial charge in [0.05, 0.1) is 22.7 Å². The predicted molar refractivity (Wildman–Crippen MR) is 79.6 cm³/mol. The quantitative estimate of drug-likeness (QED) is 0.857. The molecule has 1 unspecified atom stereocenters. The van der Waals surface area contributed by atoms with Gasteiger partial charge in [-0.3, -0.25) is 0 Å². The van der Waals surface area contributed by atoms with E-state index in [1.165, 1.54) is 0 Å². The van der Waals surface area contributed by atoms with Crippen molar-refractivity contribution < 1.29 is 15.0 Å². The maximum atomic E-state index is 11.5. The van der Waals surface area contributed by atoms with Gasteiger partial charge in [0.25, 0.3) is 0 Å². The molecule has 1 aromatic heterocycles. The highest BCUT2D eigenvalue weighted by Crippen LogP contribution is 2.41. The SMILES string of the molecule is CCC(O)CCn1c(C2CC2)nc2cccc(C(=O)O)c21. The highest BCUT2D eigenvalue weighted by molar-refractivity contribution is 6.01. The van der Waals surface area contributed by atoms with E-state index in [1.54, 1.807) is 12.1 Å². The Morgan fingerprint density at radius 2 is 2.24 bits per heavy atom. The van der Waals surface area contributed by atoms with Gasteiger partial charge in [0.1, 0.15) is 5.82 Å². The second-order valence-corrected chi connectivity index (χ2v) is 5.73. The summed E-state index contributed by atoms with van der Waals surface area (Å²) < 4.78 is 2.01. The molecule has 2 aromatic rings. The van der Waals surface area contributed by atoms with Gasteiger partial charge in [-0.15, -0.1) is 0 Å². The van der Waals surface area contributed by atoms with Crippen LogP contribution in [0.5, 0.6) is 0 Å². The van der Waals surface area contributed by atoms with Crippen LogP contribution < -0.4 is 0 Å². The van der Waals surface area contributed by atoms with Crippen LogP contribution in [0.15, 0.2) is 18.2 Å². The first-order valence-electron chi connectivity index (χ1n) is 7.52. The predicted octanol–water partition coefficient (Wildman–Crippen LogP) is 2.77. The van der Waals surface area contributed by atoms with Crippen LogP contribution >= 0.6 is 0 Å². The van der Waals surface area contributed by atoms with Gasteiger partial charge in [0.15, 0.2) is 0 Å². The molecule has 21 heavy (non-hydrogen) atoms. The first-order chi connectivity index (χ1) is 10.1. The van der Waals surface area contributed by atoms with Crippen LogP contribution in [0, 0.1) is 0 Å². The summed E-state index contributed by atoms with van der Waals surface area (Å²) in [5.41, 5.74) is 1.72. The zero-order chi connectivity index (χ0) is 15.0. The average Bonchev–Trinajstić information content (AvgIpc) is 3.25. The lowest BCUT2D eigenvalue weighted by Gasteiger charge is -2.12. The zero-order valence-electron chi connectivity index (χ0n) is 12.1. The number of aryl methyl sites for hydroxylation is 1. The van der Waals surface area contributed by atoms with Crippen LogP contribution in [-0.4, -0.2) is 31.8 Å². The molecule has 3 rings (SSSR count). The molecule has 1 atom stereocenters. The number of nitrogens with zero attached hydrogens (tertiary/aromatic N) is 2. The molecule has 0 radical (unpaired) electrons. The van der Waals surface area contributed by atoms with E-state index in [0.29, 0.717) is 30.8 Å². The van der Waals surface area contributed by atoms with Crippen LogP contribution in [0.2, 0.25) is 0 Å². The molecule has 5 heteroatoms. The molecular formula is C16H20N2O3. The number of aromatic carboxylic acids is 1. The second kappa shape index (κ2) is 5.48. The molecule has 2 N–H and O–H groups in total. The van der Waals surface area contributed by atoms with E-state index in [2.05, 4.69) is 4.98 Å². The molecule has 0 bridgehead atoms. The largest absolute Gasteiger partial charge is 0.478 e. The molecule has 1 heterocycles. The smallest absolute Gasteiger partial charge is 0.337 e. The molecule has 1 fully saturated rings. The highest BCUT2D eigenvalue weighted by atomic mass is 16.4. The van der Waals surface area contributed by atoms with Crippen molar-refractivity contribution in [1.29, 1.82) is 0 Å². The normalized spacial score (nSPS) is 16.3. The van der Waals surface area contributed by atoms with Crippen molar-refractivity contribution in [2.75, 3.05) is 0 Å². The Hall–Kier alpha value is -1.88. The minimum absolute atomic E-state index is 0.290. The number of benzene rings is 1. The number of rotatable bonds is 6. The number of hydrogen-bond donors (Lipinski definition) is 2. The number of carbonyl (C=O) groups is 1. The maximum Gasteiger partial charge on any atom is 0.337 e. The van der Waals surface area contributed by atoms with Crippen molar-refractivity contribution in [3.63, 3.8) is 0 Å². The van der Waals surface area contributed by atoms with E-state index < -0.39 is 5.97 Å². The van der Waals surface area contributed by atoms with Crippen LogP contribution in [-0.2, 0) is 6.54 Å². The minimum Gasteiger partial charge on any atom is -0.478 e. The lowest BCUT2D eigenvalue weighted by atomic mass is 10.1. The molecule has 0 amide bonds. The van der Waals surface area contributed by atoms with Crippen LogP contribution in [0.3, 0.4) is 0 Å². The Labute approximate surface area is 123 Å². The second-order valence-electron chi connectivity index (χ2n) is 5.73. The molecule has 0 spiro atoms. The molecule has 0 aliphatic heterocycles. The number of aliphatic hydroxyl groups excluding tert-OH is 1. The van der Waals surface area contributed by atoms with Crippen molar-refractivity contribution in [3.05, 3.63) is 29.6 Å². The number of aliphatic hydroxyl groups is 1. The molecule has 112 valence electrons. The standard InChI is InChI=1S/C16H20N2O3/c1-2-11(19)8-9-18-14-12(16(20)21)4-3-5-13(14)17-15(18)10-6-7-10/h3-5,10-11,19H,2,6-9H2,1H3,(H,20,21). The molecule has 0 saturated heterocycles. The van der Waals surface area contributed by atoms with Crippen molar-refractivity contribution >= 4 is 17.0 Å². The summed E-state index contributed by atoms with van der Waals surface area (Å²) in [6, 6.07) is 5.22. The van der Waals surface area contributed by atoms with Gasteiger partial charge in [-0.2, -0.15) is 0 Å². The van der Waals surface area contributed by atoms with Gasteiger partial charge in [0.2, 0.25) is 0 Å². The Balaban J connectivity index is 2.08. The van der Waals surface area contributed by atoms with E-state index >= 15 is 0 Å². The summed E-state index contributed by atoms with van der Waals surface area (Å²) in [6.45, 7) is 2.56. The monoisotopic (exact) mass is 288 g/mol. The summed E-state index contributed by atoms with van der Waals surface area (Å²) in [5, 5.41) is 19.2. The number of imidazole rings is 1. The molecule has 1 aliphatic rings. The molecule has 1 saturated carbocycles. The number of hydrogen-bond acceptors (Lipinski definition) is 3. The summed E-state index contributed by atoms with van der Waals surface area (Å²) in [6.07, 6.45) is 3.20. The van der Waals surface area contributed by atoms with Crippen LogP contribution in [0.25, 0.3) is 11.0 Å². The Morgan fingerprint density at radius 1 is 1.48 bits per heavy atom. The topological polar surface area (TPSA) is 75.3 Å². The van der Waals surface area contributed by atoms with E-state index in [1.807, 2.05) is 17.6 Å². The van der Waals surface area contributed by atoms with Gasteiger partial charge in [0, 0.05) is 12.5 Å². The van der Waals surface area contributed by atoms with Crippen molar-refractivity contribution in [1.82, 2.24) is 9.55 Å². The van der Waals surface area contributed by atoms with Gasteiger partial charge in [-0.25, -0.2) is 9.78 Å². The molecule has 1 aromatic carbocycles. The van der Waals surface area contributed by atoms with Gasteiger partial charge in [-0.1, -0.05) is 13.0 Å². The lowest BCUT2D eigenvalue weighted by molar-refractivity contribution is 0.0698. The Kier molecular flexibility index (Phi) is 3.68. The molecule has 5 nitrogen and oxygen atoms in total. The third-order valence-corrected chi connectivity index (χ3v) is 4.13. The number of carboxylic acids is 1. The third-order valence-electron chi connectivity index (χ3n) is 4.13. The maximum absolute atomic E-state index is 11.5. The fourth-order valence-electron chi connectivity index (χ4n) is 2.74. The van der Waals surface area contributed by atoms with E-state index in [4.69, 9.17) is 0 Å². The third kappa shape index (κ3) is 2.65. The zero-order valence-corrected chi connectivity index (χ0v) is 12.1. The van der Waals surface area contributed by atoms with Crippen LogP contribution in [0.1, 0.15) is 54.7 Å². The Morgan fingerprint density at radius 3 is 2.86 bits per heavy atom. The summed E-state index contributed by atoms with van der Waals surface area (Å²) in [7, 11) is 0. The summed E-state index contributed by atoms with van der Waals surface area (Å²) >= 11 is 0. The van der Waals surface area contributed by atoms with Crippen LogP contribution in [0.4, 0.5) is 0 Å². The lowest BCUT2D eigenvalue weighted by Crippen LogP contribution is -2.13.